The topological polar surface area (TPSA) is 38.9 Å². The zero-order valence-electron chi connectivity index (χ0n) is 9.22. The van der Waals surface area contributed by atoms with E-state index in [1.807, 2.05) is 18.2 Å². The SMILES string of the molecule is Nc1ccc2nc(SCc3sccc3Br)sc2c1. The van der Waals surface area contributed by atoms with Gasteiger partial charge >= 0.3 is 0 Å². The first kappa shape index (κ1) is 12.5. The summed E-state index contributed by atoms with van der Waals surface area (Å²) in [5, 5.41) is 2.10. The van der Waals surface area contributed by atoms with Crippen LogP contribution in [0.25, 0.3) is 10.2 Å². The van der Waals surface area contributed by atoms with E-state index in [4.69, 9.17) is 5.73 Å². The second-order valence-corrected chi connectivity index (χ2v) is 7.80. The second-order valence-electron chi connectivity index (χ2n) is 3.69. The van der Waals surface area contributed by atoms with Crippen LogP contribution in [0.2, 0.25) is 0 Å². The number of hydrogen-bond donors (Lipinski definition) is 1. The van der Waals surface area contributed by atoms with Crippen molar-refractivity contribution < 1.29 is 0 Å². The summed E-state index contributed by atoms with van der Waals surface area (Å²) in [5.74, 6) is 0.952. The molecular weight excluding hydrogens is 348 g/mol. The summed E-state index contributed by atoms with van der Waals surface area (Å²) < 4.78 is 3.43. The minimum absolute atomic E-state index is 0.795. The predicted octanol–water partition coefficient (Wildman–Crippen LogP) is 4.99. The van der Waals surface area contributed by atoms with Crippen LogP contribution >= 0.6 is 50.4 Å². The molecule has 1 aromatic carbocycles. The van der Waals surface area contributed by atoms with E-state index in [1.165, 1.54) is 9.35 Å². The average Bonchev–Trinajstić information content (AvgIpc) is 2.92. The minimum Gasteiger partial charge on any atom is -0.399 e. The number of benzene rings is 1. The van der Waals surface area contributed by atoms with Crippen LogP contribution in [0.1, 0.15) is 4.88 Å². The van der Waals surface area contributed by atoms with Gasteiger partial charge in [-0.25, -0.2) is 4.98 Å². The lowest BCUT2D eigenvalue weighted by molar-refractivity contribution is 1.30. The predicted molar refractivity (Wildman–Crippen MR) is 85.6 cm³/mol. The molecule has 3 aromatic rings. The molecule has 0 spiro atoms. The number of anilines is 1. The highest BCUT2D eigenvalue weighted by molar-refractivity contribution is 9.10. The molecule has 0 saturated carbocycles. The number of nitrogen functional groups attached to an aromatic ring is 1. The highest BCUT2D eigenvalue weighted by Gasteiger charge is 2.07. The van der Waals surface area contributed by atoms with E-state index in [0.29, 0.717) is 0 Å². The first-order valence-electron chi connectivity index (χ1n) is 5.23. The maximum Gasteiger partial charge on any atom is 0.151 e. The summed E-state index contributed by atoms with van der Waals surface area (Å²) in [5.41, 5.74) is 7.60. The minimum atomic E-state index is 0.795. The highest BCUT2D eigenvalue weighted by Crippen LogP contribution is 2.35. The van der Waals surface area contributed by atoms with E-state index in [0.717, 1.165) is 26.0 Å². The monoisotopic (exact) mass is 356 g/mol. The van der Waals surface area contributed by atoms with Gasteiger partial charge in [-0.15, -0.1) is 22.7 Å². The fourth-order valence-electron chi connectivity index (χ4n) is 1.54. The molecule has 2 N–H and O–H groups in total. The molecular formula is C12H9BrN2S3. The molecule has 18 heavy (non-hydrogen) atoms. The zero-order chi connectivity index (χ0) is 12.5. The third-order valence-electron chi connectivity index (χ3n) is 2.41. The Bertz CT molecular complexity index is 690. The maximum absolute atomic E-state index is 5.77. The fraction of sp³-hybridized carbons (Fsp3) is 0.0833. The van der Waals surface area contributed by atoms with Gasteiger partial charge in [0.05, 0.1) is 10.2 Å². The van der Waals surface area contributed by atoms with Crippen LogP contribution in [0, 0.1) is 0 Å². The zero-order valence-corrected chi connectivity index (χ0v) is 13.3. The van der Waals surface area contributed by atoms with E-state index in [-0.39, 0.29) is 0 Å². The molecule has 0 aliphatic heterocycles. The molecule has 3 rings (SSSR count). The summed E-state index contributed by atoms with van der Waals surface area (Å²) in [6, 6.07) is 7.94. The van der Waals surface area contributed by atoms with Crippen LogP contribution in [-0.2, 0) is 5.75 Å². The van der Waals surface area contributed by atoms with Gasteiger partial charge in [-0.1, -0.05) is 11.8 Å². The first-order chi connectivity index (χ1) is 8.72. The summed E-state index contributed by atoms with van der Waals surface area (Å²) in [6.45, 7) is 0. The van der Waals surface area contributed by atoms with Gasteiger partial charge in [0.2, 0.25) is 0 Å². The van der Waals surface area contributed by atoms with E-state index in [2.05, 4.69) is 32.4 Å². The number of halogens is 1. The van der Waals surface area contributed by atoms with Crippen molar-refractivity contribution in [1.82, 2.24) is 4.98 Å². The Kier molecular flexibility index (Phi) is 3.61. The number of aromatic nitrogens is 1. The summed E-state index contributed by atoms with van der Waals surface area (Å²) in [4.78, 5) is 5.94. The number of nitrogens with two attached hydrogens (primary N) is 1. The fourth-order valence-corrected chi connectivity index (χ4v) is 5.45. The third-order valence-corrected chi connectivity index (χ3v) is 6.71. The Morgan fingerprint density at radius 2 is 2.22 bits per heavy atom. The van der Waals surface area contributed by atoms with Gasteiger partial charge < -0.3 is 5.73 Å². The van der Waals surface area contributed by atoms with Gasteiger partial charge in [-0.2, -0.15) is 0 Å². The van der Waals surface area contributed by atoms with Gasteiger partial charge in [0.25, 0.3) is 0 Å². The molecule has 0 aliphatic carbocycles. The second kappa shape index (κ2) is 5.21. The van der Waals surface area contributed by atoms with Crippen molar-refractivity contribution in [3.8, 4) is 0 Å². The Labute approximate surface area is 125 Å². The molecule has 0 fully saturated rings. The molecule has 0 radical (unpaired) electrons. The smallest absolute Gasteiger partial charge is 0.151 e. The van der Waals surface area contributed by atoms with Crippen LogP contribution < -0.4 is 5.73 Å². The molecule has 0 atom stereocenters. The van der Waals surface area contributed by atoms with Gasteiger partial charge in [0.1, 0.15) is 0 Å². The largest absolute Gasteiger partial charge is 0.399 e. The molecule has 0 aliphatic rings. The molecule has 92 valence electrons. The first-order valence-corrected chi connectivity index (χ1v) is 8.70. The molecule has 0 amide bonds. The third kappa shape index (κ3) is 2.56. The number of hydrogen-bond acceptors (Lipinski definition) is 5. The molecule has 6 heteroatoms. The van der Waals surface area contributed by atoms with Crippen LogP contribution in [0.5, 0.6) is 0 Å². The van der Waals surface area contributed by atoms with Crippen molar-refractivity contribution in [2.75, 3.05) is 5.73 Å². The van der Waals surface area contributed by atoms with E-state index in [9.17, 15) is 0 Å². The quantitative estimate of drug-likeness (QED) is 0.530. The Morgan fingerprint density at radius 1 is 1.33 bits per heavy atom. The van der Waals surface area contributed by atoms with Crippen molar-refractivity contribution >= 4 is 66.3 Å². The van der Waals surface area contributed by atoms with Crippen LogP contribution in [0.3, 0.4) is 0 Å². The van der Waals surface area contributed by atoms with Gasteiger partial charge in [0.15, 0.2) is 4.34 Å². The van der Waals surface area contributed by atoms with Crippen LogP contribution in [-0.4, -0.2) is 4.98 Å². The number of thioether (sulfide) groups is 1. The molecule has 2 nitrogen and oxygen atoms in total. The molecule has 0 bridgehead atoms. The van der Waals surface area contributed by atoms with Gasteiger partial charge in [0, 0.05) is 20.8 Å². The van der Waals surface area contributed by atoms with Crippen LogP contribution in [0.15, 0.2) is 38.5 Å². The molecule has 0 saturated heterocycles. The van der Waals surface area contributed by atoms with E-state index >= 15 is 0 Å². The van der Waals surface area contributed by atoms with Crippen molar-refractivity contribution in [3.05, 3.63) is 39.0 Å². The van der Waals surface area contributed by atoms with E-state index in [1.54, 1.807) is 34.4 Å². The molecule has 0 unspecified atom stereocenters. The van der Waals surface area contributed by atoms with Gasteiger partial charge in [-0.05, 0) is 45.6 Å². The average molecular weight is 357 g/mol. The lowest BCUT2D eigenvalue weighted by Gasteiger charge is -1.95. The van der Waals surface area contributed by atoms with Gasteiger partial charge in [-0.3, -0.25) is 0 Å². The Hall–Kier alpha value is -0.560. The Balaban J connectivity index is 1.81. The summed E-state index contributed by atoms with van der Waals surface area (Å²) >= 11 is 8.79. The number of rotatable bonds is 3. The molecule has 2 aromatic heterocycles. The van der Waals surface area contributed by atoms with E-state index < -0.39 is 0 Å². The van der Waals surface area contributed by atoms with Crippen molar-refractivity contribution in [2.24, 2.45) is 0 Å². The lowest BCUT2D eigenvalue weighted by Crippen LogP contribution is -1.81. The number of thiazole rings is 1. The number of thiophene rings is 1. The summed E-state index contributed by atoms with van der Waals surface area (Å²) in [6.07, 6.45) is 0. The standard InChI is InChI=1S/C12H9BrN2S3/c13-8-3-4-16-11(8)6-17-12-15-9-2-1-7(14)5-10(9)18-12/h1-5H,6,14H2. The normalized spacial score (nSPS) is 11.2. The summed E-state index contributed by atoms with van der Waals surface area (Å²) in [7, 11) is 0. The Morgan fingerprint density at radius 3 is 3.00 bits per heavy atom. The number of fused-ring (bicyclic) bond motifs is 1. The van der Waals surface area contributed by atoms with Crippen molar-refractivity contribution in [2.45, 2.75) is 10.1 Å². The number of nitrogens with zero attached hydrogens (tertiary/aromatic N) is 1. The van der Waals surface area contributed by atoms with Crippen molar-refractivity contribution in [3.63, 3.8) is 0 Å². The molecule has 2 heterocycles. The van der Waals surface area contributed by atoms with Crippen molar-refractivity contribution in [1.29, 1.82) is 0 Å². The maximum atomic E-state index is 5.77. The highest BCUT2D eigenvalue weighted by atomic mass is 79.9. The lowest BCUT2D eigenvalue weighted by atomic mass is 10.3. The van der Waals surface area contributed by atoms with Crippen LogP contribution in [0.4, 0.5) is 5.69 Å².